The average molecular weight is 414 g/mol. The van der Waals surface area contributed by atoms with Gasteiger partial charge in [0.15, 0.2) is 0 Å². The first-order chi connectivity index (χ1) is 13.6. The molecule has 4 atom stereocenters. The number of rotatable bonds is 6. The van der Waals surface area contributed by atoms with Crippen LogP contribution in [-0.4, -0.2) is 35.6 Å². The lowest BCUT2D eigenvalue weighted by Gasteiger charge is -2.31. The maximum absolute atomic E-state index is 12.2. The van der Waals surface area contributed by atoms with Crippen molar-refractivity contribution in [2.24, 2.45) is 17.8 Å². The summed E-state index contributed by atoms with van der Waals surface area (Å²) in [6.07, 6.45) is 2.91. The number of likely N-dealkylation sites (tertiary alicyclic amines) is 1. The summed E-state index contributed by atoms with van der Waals surface area (Å²) in [5.41, 5.74) is 1.17. The number of nitrogens with zero attached hydrogens (tertiary/aromatic N) is 1. The van der Waals surface area contributed by atoms with Gasteiger partial charge < -0.3 is 5.11 Å². The van der Waals surface area contributed by atoms with Crippen molar-refractivity contribution in [1.82, 2.24) is 4.90 Å². The molecule has 1 aliphatic heterocycles. The fourth-order valence-electron chi connectivity index (χ4n) is 5.00. The van der Waals surface area contributed by atoms with Crippen molar-refractivity contribution in [3.63, 3.8) is 0 Å². The summed E-state index contributed by atoms with van der Waals surface area (Å²) in [4.78, 5) is 16.8. The molecule has 0 unspecified atom stereocenters. The molecule has 2 bridgehead atoms. The molecule has 28 heavy (non-hydrogen) atoms. The SMILES string of the molecule is C=CCN1C[C@@H]2C[C@H](C1)[C@@H](c1ccccc1Sc1ccc(Cl)cc1)[C@@H]2C(=O)O. The van der Waals surface area contributed by atoms with Gasteiger partial charge in [-0.3, -0.25) is 9.69 Å². The summed E-state index contributed by atoms with van der Waals surface area (Å²) in [7, 11) is 0. The number of carboxylic acids is 1. The Morgan fingerprint density at radius 3 is 2.61 bits per heavy atom. The van der Waals surface area contributed by atoms with Crippen molar-refractivity contribution >= 4 is 29.3 Å². The van der Waals surface area contributed by atoms with Crippen LogP contribution in [0.5, 0.6) is 0 Å². The highest BCUT2D eigenvalue weighted by molar-refractivity contribution is 7.99. The van der Waals surface area contributed by atoms with Crippen molar-refractivity contribution in [1.29, 1.82) is 0 Å². The van der Waals surface area contributed by atoms with E-state index in [0.29, 0.717) is 5.92 Å². The number of fused-ring (bicyclic) bond motifs is 2. The summed E-state index contributed by atoms with van der Waals surface area (Å²) in [6, 6.07) is 16.1. The van der Waals surface area contributed by atoms with Crippen molar-refractivity contribution in [2.75, 3.05) is 19.6 Å². The van der Waals surface area contributed by atoms with E-state index in [1.54, 1.807) is 11.8 Å². The van der Waals surface area contributed by atoms with Crippen LogP contribution in [0.1, 0.15) is 17.9 Å². The van der Waals surface area contributed by atoms with Crippen molar-refractivity contribution in [3.8, 4) is 0 Å². The molecule has 5 heteroatoms. The maximum atomic E-state index is 12.2. The molecule has 1 heterocycles. The van der Waals surface area contributed by atoms with E-state index in [-0.39, 0.29) is 17.8 Å². The third-order valence-corrected chi connectivity index (χ3v) is 7.34. The first-order valence-electron chi connectivity index (χ1n) is 9.65. The largest absolute Gasteiger partial charge is 0.481 e. The van der Waals surface area contributed by atoms with Gasteiger partial charge in [0.05, 0.1) is 5.92 Å². The zero-order valence-corrected chi connectivity index (χ0v) is 17.2. The molecule has 0 amide bonds. The van der Waals surface area contributed by atoms with Crippen LogP contribution in [0.25, 0.3) is 0 Å². The molecular formula is C23H24ClNO2S. The van der Waals surface area contributed by atoms with Gasteiger partial charge in [0.2, 0.25) is 0 Å². The fourth-order valence-corrected chi connectivity index (χ4v) is 6.12. The predicted octanol–water partition coefficient (Wildman–Crippen LogP) is 5.41. The summed E-state index contributed by atoms with van der Waals surface area (Å²) in [5.74, 6) is -0.370. The highest BCUT2D eigenvalue weighted by Gasteiger charge is 2.51. The van der Waals surface area contributed by atoms with E-state index < -0.39 is 5.97 Å². The van der Waals surface area contributed by atoms with E-state index in [9.17, 15) is 9.90 Å². The number of halogens is 1. The topological polar surface area (TPSA) is 40.5 Å². The van der Waals surface area contributed by atoms with E-state index in [1.807, 2.05) is 42.5 Å². The van der Waals surface area contributed by atoms with Crippen LogP contribution in [0.3, 0.4) is 0 Å². The van der Waals surface area contributed by atoms with Crippen LogP contribution in [0.2, 0.25) is 5.02 Å². The molecule has 0 radical (unpaired) electrons. The summed E-state index contributed by atoms with van der Waals surface area (Å²) in [5, 5.41) is 10.8. The average Bonchev–Trinajstić information content (AvgIpc) is 2.94. The van der Waals surface area contributed by atoms with Gasteiger partial charge in [-0.05, 0) is 54.2 Å². The molecule has 2 fully saturated rings. The Kier molecular flexibility index (Phi) is 5.81. The molecule has 2 aliphatic rings. The Morgan fingerprint density at radius 2 is 1.89 bits per heavy atom. The molecule has 2 aromatic rings. The van der Waals surface area contributed by atoms with E-state index in [0.717, 1.165) is 40.9 Å². The van der Waals surface area contributed by atoms with Crippen LogP contribution in [0.15, 0.2) is 71.0 Å². The third kappa shape index (κ3) is 3.86. The number of carboxylic acid groups (broad SMARTS) is 1. The van der Waals surface area contributed by atoms with Gasteiger partial charge in [-0.2, -0.15) is 0 Å². The Bertz CT molecular complexity index is 869. The molecule has 4 rings (SSSR count). The van der Waals surface area contributed by atoms with Gasteiger partial charge in [-0.1, -0.05) is 47.6 Å². The normalized spacial score (nSPS) is 26.9. The minimum absolute atomic E-state index is 0.0494. The number of hydrogen-bond acceptors (Lipinski definition) is 3. The molecule has 3 nitrogen and oxygen atoms in total. The van der Waals surface area contributed by atoms with Crippen molar-refractivity contribution < 1.29 is 9.90 Å². The zero-order chi connectivity index (χ0) is 19.7. The second-order valence-electron chi connectivity index (χ2n) is 7.75. The summed E-state index contributed by atoms with van der Waals surface area (Å²) in [6.45, 7) is 6.47. The molecule has 0 aromatic heterocycles. The van der Waals surface area contributed by atoms with Gasteiger partial charge in [0.1, 0.15) is 0 Å². The van der Waals surface area contributed by atoms with E-state index in [2.05, 4.69) is 23.6 Å². The Morgan fingerprint density at radius 1 is 1.18 bits per heavy atom. The predicted molar refractivity (Wildman–Crippen MR) is 114 cm³/mol. The summed E-state index contributed by atoms with van der Waals surface area (Å²) >= 11 is 7.70. The fraction of sp³-hybridized carbons (Fsp3) is 0.348. The molecule has 1 saturated heterocycles. The summed E-state index contributed by atoms with van der Waals surface area (Å²) < 4.78 is 0. The van der Waals surface area contributed by atoms with Crippen LogP contribution in [-0.2, 0) is 4.79 Å². The Labute approximate surface area is 175 Å². The molecule has 1 N–H and O–H groups in total. The second-order valence-corrected chi connectivity index (χ2v) is 9.30. The van der Waals surface area contributed by atoms with Crippen molar-refractivity contribution in [2.45, 2.75) is 22.1 Å². The Balaban J connectivity index is 1.68. The monoisotopic (exact) mass is 413 g/mol. The highest BCUT2D eigenvalue weighted by Crippen LogP contribution is 2.53. The number of hydrogen-bond donors (Lipinski definition) is 1. The standard InChI is InChI=1S/C23H24ClNO2S/c1-2-11-25-13-15-12-16(14-25)22(23(26)27)21(15)19-5-3-4-6-20(19)28-18-9-7-17(24)8-10-18/h2-10,15-16,21-22H,1,11-14H2,(H,26,27)/t15-,16+,21+,22-/m1/s1. The molecule has 2 aromatic carbocycles. The molecule has 1 saturated carbocycles. The lowest BCUT2D eigenvalue weighted by molar-refractivity contribution is -0.143. The van der Waals surface area contributed by atoms with Gasteiger partial charge >= 0.3 is 5.97 Å². The minimum atomic E-state index is -0.663. The molecule has 146 valence electrons. The third-order valence-electron chi connectivity index (χ3n) is 5.99. The quantitative estimate of drug-likeness (QED) is 0.642. The van der Waals surface area contributed by atoms with Gasteiger partial charge in [0, 0.05) is 40.4 Å². The molecule has 1 aliphatic carbocycles. The first kappa shape index (κ1) is 19.6. The number of benzene rings is 2. The number of carbonyl (C=O) groups is 1. The molecule has 0 spiro atoms. The van der Waals surface area contributed by atoms with Gasteiger partial charge in [-0.15, -0.1) is 6.58 Å². The van der Waals surface area contributed by atoms with Crippen LogP contribution in [0.4, 0.5) is 0 Å². The number of aliphatic carboxylic acids is 1. The highest BCUT2D eigenvalue weighted by atomic mass is 35.5. The minimum Gasteiger partial charge on any atom is -0.481 e. The lowest BCUT2D eigenvalue weighted by atomic mass is 9.82. The van der Waals surface area contributed by atoms with Crippen molar-refractivity contribution in [3.05, 3.63) is 71.8 Å². The van der Waals surface area contributed by atoms with Crippen LogP contribution in [0, 0.1) is 17.8 Å². The van der Waals surface area contributed by atoms with E-state index in [1.165, 1.54) is 5.56 Å². The van der Waals surface area contributed by atoms with Crippen LogP contribution >= 0.6 is 23.4 Å². The van der Waals surface area contributed by atoms with Gasteiger partial charge in [-0.25, -0.2) is 0 Å². The van der Waals surface area contributed by atoms with E-state index >= 15 is 0 Å². The Hall–Kier alpha value is -1.75. The first-order valence-corrected chi connectivity index (χ1v) is 10.8. The van der Waals surface area contributed by atoms with Gasteiger partial charge in [0.25, 0.3) is 0 Å². The molecular weight excluding hydrogens is 390 g/mol. The number of piperidine rings is 1. The smallest absolute Gasteiger partial charge is 0.307 e. The zero-order valence-electron chi connectivity index (χ0n) is 15.6. The maximum Gasteiger partial charge on any atom is 0.307 e. The van der Waals surface area contributed by atoms with E-state index in [4.69, 9.17) is 11.6 Å². The van der Waals surface area contributed by atoms with Crippen LogP contribution < -0.4 is 0 Å². The lowest BCUT2D eigenvalue weighted by Crippen LogP contribution is -2.37. The second kappa shape index (κ2) is 8.32.